The fraction of sp³-hybridized carbons (Fsp3) is 0.444. The van der Waals surface area contributed by atoms with Gasteiger partial charge in [-0.1, -0.05) is 18.2 Å². The molecule has 36 heavy (non-hydrogen) atoms. The van der Waals surface area contributed by atoms with E-state index in [2.05, 4.69) is 5.32 Å². The van der Waals surface area contributed by atoms with Gasteiger partial charge in [0.2, 0.25) is 0 Å². The van der Waals surface area contributed by atoms with Gasteiger partial charge in [0, 0.05) is 31.2 Å². The molecule has 2 aromatic carbocycles. The second kappa shape index (κ2) is 11.9. The summed E-state index contributed by atoms with van der Waals surface area (Å²) in [5.41, 5.74) is 2.07. The number of nitrogens with zero attached hydrogens (tertiary/aromatic N) is 3. The van der Waals surface area contributed by atoms with Gasteiger partial charge < -0.3 is 24.4 Å². The number of hydrazone groups is 1. The number of urea groups is 1. The summed E-state index contributed by atoms with van der Waals surface area (Å²) in [5.74, 6) is 1.12. The number of carbonyl (C=O) groups is 2. The van der Waals surface area contributed by atoms with Crippen LogP contribution in [0.25, 0.3) is 0 Å². The van der Waals surface area contributed by atoms with Gasteiger partial charge in [0.1, 0.15) is 18.0 Å². The van der Waals surface area contributed by atoms with Gasteiger partial charge in [-0.3, -0.25) is 4.79 Å². The van der Waals surface area contributed by atoms with Crippen LogP contribution in [0.3, 0.4) is 0 Å². The molecule has 1 N–H and O–H groups in total. The van der Waals surface area contributed by atoms with Crippen molar-refractivity contribution in [3.63, 3.8) is 0 Å². The molecule has 3 amide bonds. The number of hydrogen-bond acceptors (Lipinski definition) is 6. The number of hydrogen-bond donors (Lipinski definition) is 1. The molecule has 194 valence electrons. The number of ether oxygens (including phenoxy) is 3. The number of nitrogens with one attached hydrogen (secondary N) is 1. The fourth-order valence-corrected chi connectivity index (χ4v) is 3.97. The van der Waals surface area contributed by atoms with E-state index >= 15 is 0 Å². The smallest absolute Gasteiger partial charge is 0.318 e. The second-order valence-electron chi connectivity index (χ2n) is 9.57. The first-order valence-corrected chi connectivity index (χ1v) is 11.9. The summed E-state index contributed by atoms with van der Waals surface area (Å²) in [6, 6.07) is 14.5. The Kier molecular flexibility index (Phi) is 8.93. The summed E-state index contributed by atoms with van der Waals surface area (Å²) in [5, 5.41) is 9.13. The van der Waals surface area contributed by atoms with Gasteiger partial charge in [0.05, 0.1) is 32.6 Å². The maximum Gasteiger partial charge on any atom is 0.318 e. The highest BCUT2D eigenvalue weighted by Crippen LogP contribution is 2.37. The van der Waals surface area contributed by atoms with Crippen molar-refractivity contribution in [2.24, 2.45) is 5.10 Å². The first-order chi connectivity index (χ1) is 17.2. The minimum atomic E-state index is -0.446. The molecule has 3 rings (SSSR count). The summed E-state index contributed by atoms with van der Waals surface area (Å²) >= 11 is 0. The third-order valence-corrected chi connectivity index (χ3v) is 5.75. The highest BCUT2D eigenvalue weighted by molar-refractivity contribution is 6.03. The predicted molar refractivity (Wildman–Crippen MR) is 138 cm³/mol. The average molecular weight is 497 g/mol. The van der Waals surface area contributed by atoms with E-state index in [1.165, 1.54) is 9.91 Å². The third kappa shape index (κ3) is 6.75. The molecule has 0 aromatic heterocycles. The van der Waals surface area contributed by atoms with Crippen molar-refractivity contribution >= 4 is 17.6 Å². The lowest BCUT2D eigenvalue weighted by Crippen LogP contribution is -2.52. The minimum absolute atomic E-state index is 0.143. The monoisotopic (exact) mass is 496 g/mol. The van der Waals surface area contributed by atoms with Crippen molar-refractivity contribution in [1.82, 2.24) is 15.2 Å². The van der Waals surface area contributed by atoms with Crippen molar-refractivity contribution in [2.75, 3.05) is 41.0 Å². The summed E-state index contributed by atoms with van der Waals surface area (Å²) in [7, 11) is 4.78. The van der Waals surface area contributed by atoms with Gasteiger partial charge in [-0.15, -0.1) is 0 Å². The van der Waals surface area contributed by atoms with Crippen LogP contribution in [-0.4, -0.2) is 74.1 Å². The van der Waals surface area contributed by atoms with E-state index in [1.54, 1.807) is 21.3 Å². The molecule has 0 saturated heterocycles. The Bertz CT molecular complexity index is 1080. The zero-order valence-corrected chi connectivity index (χ0v) is 21.9. The molecule has 1 aliphatic rings. The van der Waals surface area contributed by atoms with Gasteiger partial charge in [0.15, 0.2) is 0 Å². The lowest BCUT2D eigenvalue weighted by atomic mass is 9.97. The van der Waals surface area contributed by atoms with Crippen LogP contribution >= 0.6 is 0 Å². The summed E-state index contributed by atoms with van der Waals surface area (Å²) in [6.45, 7) is 6.12. The summed E-state index contributed by atoms with van der Waals surface area (Å²) < 4.78 is 16.0. The van der Waals surface area contributed by atoms with E-state index in [0.29, 0.717) is 18.8 Å². The van der Waals surface area contributed by atoms with Gasteiger partial charge in [-0.2, -0.15) is 5.10 Å². The first kappa shape index (κ1) is 27.0. The van der Waals surface area contributed by atoms with Crippen LogP contribution in [0.1, 0.15) is 44.4 Å². The van der Waals surface area contributed by atoms with E-state index in [0.717, 1.165) is 22.6 Å². The third-order valence-electron chi connectivity index (χ3n) is 5.75. The van der Waals surface area contributed by atoms with Crippen LogP contribution < -0.4 is 14.8 Å². The number of rotatable bonds is 9. The number of methoxy groups -OCH3 is 3. The number of carbonyl (C=O) groups excluding carboxylic acids is 2. The highest BCUT2D eigenvalue weighted by atomic mass is 16.5. The van der Waals surface area contributed by atoms with Crippen LogP contribution in [0.15, 0.2) is 53.6 Å². The molecule has 1 aliphatic heterocycles. The molecule has 1 heterocycles. The predicted octanol–water partition coefficient (Wildman–Crippen LogP) is 3.84. The number of amides is 3. The molecule has 0 fully saturated rings. The number of para-hydroxylation sites is 1. The fourth-order valence-electron chi connectivity index (χ4n) is 3.97. The highest BCUT2D eigenvalue weighted by Gasteiger charge is 2.36. The van der Waals surface area contributed by atoms with E-state index in [4.69, 9.17) is 19.3 Å². The van der Waals surface area contributed by atoms with Gasteiger partial charge in [-0.05, 0) is 56.7 Å². The molecule has 2 aromatic rings. The number of benzene rings is 2. The first-order valence-electron chi connectivity index (χ1n) is 11.9. The molecular formula is C27H36N4O5. The van der Waals surface area contributed by atoms with Gasteiger partial charge in [0.25, 0.3) is 5.91 Å². The molecule has 0 unspecified atom stereocenters. The van der Waals surface area contributed by atoms with Crippen LogP contribution in [0.2, 0.25) is 0 Å². The molecule has 0 bridgehead atoms. The molecule has 9 nitrogen and oxygen atoms in total. The molecule has 0 aliphatic carbocycles. The Morgan fingerprint density at radius 2 is 1.75 bits per heavy atom. The van der Waals surface area contributed by atoms with Crippen molar-refractivity contribution in [2.45, 2.75) is 38.8 Å². The van der Waals surface area contributed by atoms with Gasteiger partial charge in [-0.25, -0.2) is 9.80 Å². The molecule has 0 radical (unpaired) electrons. The van der Waals surface area contributed by atoms with Crippen LogP contribution in [0, 0.1) is 0 Å². The Hall–Kier alpha value is -3.59. The Labute approximate surface area is 213 Å². The normalized spacial score (nSPS) is 15.3. The van der Waals surface area contributed by atoms with Crippen molar-refractivity contribution in [1.29, 1.82) is 0 Å². The van der Waals surface area contributed by atoms with E-state index in [-0.39, 0.29) is 31.1 Å². The van der Waals surface area contributed by atoms with E-state index in [1.807, 2.05) is 69.3 Å². The Balaban J connectivity index is 1.93. The summed E-state index contributed by atoms with van der Waals surface area (Å²) in [6.07, 6.45) is 0.505. The SMILES string of the molecule is COCCN(CC(=O)N1N=C(c2ccc(OC)cc2)C[C@H]1c1ccccc1OC)C(=O)NC(C)(C)C. The maximum absolute atomic E-state index is 13.6. The topological polar surface area (TPSA) is 92.7 Å². The average Bonchev–Trinajstić information content (AvgIpc) is 3.30. The maximum atomic E-state index is 13.6. The van der Waals surface area contributed by atoms with Crippen molar-refractivity contribution < 1.29 is 23.8 Å². The van der Waals surface area contributed by atoms with Crippen molar-refractivity contribution in [3.05, 3.63) is 59.7 Å². The molecular weight excluding hydrogens is 460 g/mol. The van der Waals surface area contributed by atoms with E-state index in [9.17, 15) is 9.59 Å². The molecule has 0 spiro atoms. The lowest BCUT2D eigenvalue weighted by Gasteiger charge is -2.30. The van der Waals surface area contributed by atoms with Crippen LogP contribution in [-0.2, 0) is 9.53 Å². The minimum Gasteiger partial charge on any atom is -0.497 e. The lowest BCUT2D eigenvalue weighted by molar-refractivity contribution is -0.133. The van der Waals surface area contributed by atoms with Crippen LogP contribution in [0.5, 0.6) is 11.5 Å². The standard InChI is InChI=1S/C27H36N4O5/c1-27(2,3)28-26(33)30(15-16-34-4)18-25(32)31-23(21-9-7-8-10-24(21)36-6)17-22(29-31)19-11-13-20(35-5)14-12-19/h7-14,23H,15-18H2,1-6H3,(H,28,33)/t23-/m0/s1. The zero-order valence-electron chi connectivity index (χ0n) is 21.9. The Morgan fingerprint density at radius 3 is 2.36 bits per heavy atom. The zero-order chi connectivity index (χ0) is 26.3. The quantitative estimate of drug-likeness (QED) is 0.570. The second-order valence-corrected chi connectivity index (χ2v) is 9.57. The largest absolute Gasteiger partial charge is 0.497 e. The molecule has 0 saturated carbocycles. The van der Waals surface area contributed by atoms with Crippen molar-refractivity contribution in [3.8, 4) is 11.5 Å². The summed E-state index contributed by atoms with van der Waals surface area (Å²) in [4.78, 5) is 28.0. The van der Waals surface area contributed by atoms with Gasteiger partial charge >= 0.3 is 6.03 Å². The Morgan fingerprint density at radius 1 is 1.06 bits per heavy atom. The molecule has 1 atom stereocenters. The van der Waals surface area contributed by atoms with Crippen LogP contribution in [0.4, 0.5) is 4.79 Å². The van der Waals surface area contributed by atoms with E-state index < -0.39 is 5.54 Å². The molecule has 9 heteroatoms.